The Morgan fingerprint density at radius 1 is 1.35 bits per heavy atom. The number of aryl methyl sites for hydroxylation is 1. The Morgan fingerprint density at radius 2 is 2.20 bits per heavy atom. The number of fused-ring (bicyclic) bond motifs is 1. The average Bonchev–Trinajstić information content (AvgIpc) is 2.41. The van der Waals surface area contributed by atoms with Gasteiger partial charge in [-0.1, -0.05) is 6.07 Å². The highest BCUT2D eigenvalue weighted by atomic mass is 16.2. The van der Waals surface area contributed by atoms with Gasteiger partial charge in [-0.05, 0) is 42.5 Å². The summed E-state index contributed by atoms with van der Waals surface area (Å²) in [5.41, 5.74) is 7.71. The van der Waals surface area contributed by atoms with Gasteiger partial charge in [0.1, 0.15) is 0 Å². The molecule has 7 heteroatoms. The molecule has 1 aliphatic carbocycles. The molecule has 0 fully saturated rings. The Labute approximate surface area is 114 Å². The second-order valence-electron chi connectivity index (χ2n) is 4.90. The van der Waals surface area contributed by atoms with E-state index in [1.54, 1.807) is 0 Å². The van der Waals surface area contributed by atoms with Gasteiger partial charge < -0.3 is 11.1 Å². The SMILES string of the molecule is Nc1ccc2c(c1)CCCC2Nc1n[nH]c(=O)[nH]c1=O. The summed E-state index contributed by atoms with van der Waals surface area (Å²) in [4.78, 5) is 24.8. The van der Waals surface area contributed by atoms with E-state index in [1.807, 2.05) is 18.2 Å². The lowest BCUT2D eigenvalue weighted by atomic mass is 9.87. The first-order valence-corrected chi connectivity index (χ1v) is 6.47. The first-order chi connectivity index (χ1) is 9.63. The van der Waals surface area contributed by atoms with Gasteiger partial charge in [0.05, 0.1) is 6.04 Å². The van der Waals surface area contributed by atoms with Gasteiger partial charge in [-0.2, -0.15) is 0 Å². The average molecular weight is 273 g/mol. The number of nitrogens with one attached hydrogen (secondary N) is 3. The van der Waals surface area contributed by atoms with Crippen LogP contribution in [-0.2, 0) is 6.42 Å². The summed E-state index contributed by atoms with van der Waals surface area (Å²) in [6, 6.07) is 5.79. The molecule has 1 aliphatic rings. The normalized spacial score (nSPS) is 17.5. The molecule has 0 aliphatic heterocycles. The number of hydrogen-bond acceptors (Lipinski definition) is 5. The number of aromatic nitrogens is 3. The van der Waals surface area contributed by atoms with Crippen molar-refractivity contribution in [1.29, 1.82) is 0 Å². The molecule has 1 aromatic carbocycles. The standard InChI is InChI=1S/C13H15N5O2/c14-8-4-5-9-7(6-8)2-1-3-10(9)15-11-12(19)16-13(20)18-17-11/h4-6,10H,1-3,14H2,(H,15,17)(H2,16,18,19,20). The van der Waals surface area contributed by atoms with Crippen LogP contribution in [0.5, 0.6) is 0 Å². The van der Waals surface area contributed by atoms with Crippen LogP contribution >= 0.6 is 0 Å². The lowest BCUT2D eigenvalue weighted by Crippen LogP contribution is -2.29. The molecule has 1 atom stereocenters. The fraction of sp³-hybridized carbons (Fsp3) is 0.308. The molecule has 7 nitrogen and oxygen atoms in total. The van der Waals surface area contributed by atoms with Gasteiger partial charge in [0.25, 0.3) is 5.56 Å². The predicted molar refractivity (Wildman–Crippen MR) is 75.6 cm³/mol. The second-order valence-corrected chi connectivity index (χ2v) is 4.90. The van der Waals surface area contributed by atoms with E-state index in [4.69, 9.17) is 5.73 Å². The number of rotatable bonds is 2. The van der Waals surface area contributed by atoms with Crippen molar-refractivity contribution in [2.75, 3.05) is 11.1 Å². The molecule has 0 radical (unpaired) electrons. The number of nitrogen functional groups attached to an aromatic ring is 1. The first-order valence-electron chi connectivity index (χ1n) is 6.47. The molecule has 1 heterocycles. The number of H-pyrrole nitrogens is 2. The number of benzene rings is 1. The molecule has 0 spiro atoms. The van der Waals surface area contributed by atoms with Crippen LogP contribution in [0.1, 0.15) is 30.0 Å². The van der Waals surface area contributed by atoms with Crippen molar-refractivity contribution >= 4 is 11.5 Å². The zero-order valence-electron chi connectivity index (χ0n) is 10.8. The molecule has 1 unspecified atom stereocenters. The Kier molecular flexibility index (Phi) is 3.02. The largest absolute Gasteiger partial charge is 0.399 e. The number of hydrogen-bond donors (Lipinski definition) is 4. The Morgan fingerprint density at radius 3 is 3.00 bits per heavy atom. The van der Waals surface area contributed by atoms with Crippen molar-refractivity contribution < 1.29 is 0 Å². The smallest absolute Gasteiger partial charge is 0.342 e. The fourth-order valence-corrected chi connectivity index (χ4v) is 2.59. The maximum atomic E-state index is 11.7. The lowest BCUT2D eigenvalue weighted by Gasteiger charge is -2.26. The second kappa shape index (κ2) is 4.84. The summed E-state index contributed by atoms with van der Waals surface area (Å²) in [6.07, 6.45) is 2.89. The summed E-state index contributed by atoms with van der Waals surface area (Å²) >= 11 is 0. The molecule has 2 aromatic rings. The van der Waals surface area contributed by atoms with Gasteiger partial charge in [-0.15, -0.1) is 5.10 Å². The van der Waals surface area contributed by atoms with Gasteiger partial charge in [0.2, 0.25) is 5.82 Å². The van der Waals surface area contributed by atoms with Gasteiger partial charge in [0, 0.05) is 5.69 Å². The van der Waals surface area contributed by atoms with Gasteiger partial charge in [-0.25, -0.2) is 9.89 Å². The van der Waals surface area contributed by atoms with Crippen LogP contribution in [0.15, 0.2) is 27.8 Å². The lowest BCUT2D eigenvalue weighted by molar-refractivity contribution is 0.596. The van der Waals surface area contributed by atoms with Crippen LogP contribution in [0.4, 0.5) is 11.5 Å². The number of anilines is 2. The highest BCUT2D eigenvalue weighted by molar-refractivity contribution is 5.48. The van der Waals surface area contributed by atoms with E-state index in [1.165, 1.54) is 5.56 Å². The highest BCUT2D eigenvalue weighted by Crippen LogP contribution is 2.32. The van der Waals surface area contributed by atoms with E-state index in [0.717, 1.165) is 30.5 Å². The van der Waals surface area contributed by atoms with Crippen LogP contribution in [0, 0.1) is 0 Å². The molecule has 0 bridgehead atoms. The van der Waals surface area contributed by atoms with Crippen LogP contribution in [0.25, 0.3) is 0 Å². The minimum atomic E-state index is -0.614. The molecule has 104 valence electrons. The van der Waals surface area contributed by atoms with E-state index in [0.29, 0.717) is 0 Å². The van der Waals surface area contributed by atoms with Gasteiger partial charge in [0.15, 0.2) is 0 Å². The summed E-state index contributed by atoms with van der Waals surface area (Å²) in [5.74, 6) is 0.124. The Balaban J connectivity index is 1.93. The third kappa shape index (κ3) is 2.29. The van der Waals surface area contributed by atoms with E-state index >= 15 is 0 Å². The topological polar surface area (TPSA) is 117 Å². The van der Waals surface area contributed by atoms with Crippen molar-refractivity contribution in [3.63, 3.8) is 0 Å². The van der Waals surface area contributed by atoms with Crippen molar-refractivity contribution in [2.24, 2.45) is 0 Å². The molecule has 3 rings (SSSR count). The van der Waals surface area contributed by atoms with Gasteiger partial charge >= 0.3 is 5.69 Å². The highest BCUT2D eigenvalue weighted by Gasteiger charge is 2.21. The molecule has 0 saturated carbocycles. The zero-order valence-corrected chi connectivity index (χ0v) is 10.8. The molecule has 0 amide bonds. The van der Waals surface area contributed by atoms with Gasteiger partial charge in [-0.3, -0.25) is 9.78 Å². The number of nitrogens with zero attached hydrogens (tertiary/aromatic N) is 1. The van der Waals surface area contributed by atoms with E-state index in [9.17, 15) is 9.59 Å². The molecule has 1 aromatic heterocycles. The third-order valence-corrected chi connectivity index (χ3v) is 3.50. The van der Waals surface area contributed by atoms with Crippen molar-refractivity contribution in [3.8, 4) is 0 Å². The number of aromatic amines is 2. The quantitative estimate of drug-likeness (QED) is 0.595. The molecule has 20 heavy (non-hydrogen) atoms. The maximum Gasteiger partial charge on any atom is 0.342 e. The monoisotopic (exact) mass is 273 g/mol. The van der Waals surface area contributed by atoms with Crippen LogP contribution in [0.2, 0.25) is 0 Å². The number of nitrogens with two attached hydrogens (primary N) is 1. The zero-order chi connectivity index (χ0) is 14.1. The summed E-state index contributed by atoms with van der Waals surface area (Å²) in [5, 5.41) is 9.05. The maximum absolute atomic E-state index is 11.7. The first kappa shape index (κ1) is 12.5. The van der Waals surface area contributed by atoms with E-state index in [-0.39, 0.29) is 11.9 Å². The predicted octanol–water partition coefficient (Wildman–Crippen LogP) is 0.530. The summed E-state index contributed by atoms with van der Waals surface area (Å²) in [6.45, 7) is 0. The molecular weight excluding hydrogens is 258 g/mol. The third-order valence-electron chi connectivity index (χ3n) is 3.50. The molecule has 0 saturated heterocycles. The van der Waals surface area contributed by atoms with Crippen molar-refractivity contribution in [2.45, 2.75) is 25.3 Å². The molecular formula is C13H15N5O2. The van der Waals surface area contributed by atoms with E-state index < -0.39 is 11.2 Å². The van der Waals surface area contributed by atoms with Crippen molar-refractivity contribution in [3.05, 3.63) is 50.2 Å². The Bertz CT molecular complexity index is 749. The fourth-order valence-electron chi connectivity index (χ4n) is 2.59. The minimum Gasteiger partial charge on any atom is -0.399 e. The molecule has 5 N–H and O–H groups in total. The van der Waals surface area contributed by atoms with Crippen molar-refractivity contribution in [1.82, 2.24) is 15.2 Å². The van der Waals surface area contributed by atoms with E-state index in [2.05, 4.69) is 20.5 Å². The van der Waals surface area contributed by atoms with Crippen LogP contribution in [0.3, 0.4) is 0 Å². The summed E-state index contributed by atoms with van der Waals surface area (Å²) < 4.78 is 0. The van der Waals surface area contributed by atoms with Crippen LogP contribution in [-0.4, -0.2) is 15.2 Å². The Hall–Kier alpha value is -2.57. The summed E-state index contributed by atoms with van der Waals surface area (Å²) in [7, 11) is 0. The van der Waals surface area contributed by atoms with Crippen LogP contribution < -0.4 is 22.3 Å². The minimum absolute atomic E-state index is 0.00106.